The molecule has 0 radical (unpaired) electrons. The smallest absolute Gasteiger partial charge is 0.488 e. The van der Waals surface area contributed by atoms with Gasteiger partial charge < -0.3 is 14.8 Å². The fourth-order valence-corrected chi connectivity index (χ4v) is 1.93. The summed E-state index contributed by atoms with van der Waals surface area (Å²) in [7, 11) is -1.54. The molecule has 0 unspecified atom stereocenters. The zero-order valence-corrected chi connectivity index (χ0v) is 11.4. The summed E-state index contributed by atoms with van der Waals surface area (Å²) in [4.78, 5) is 0. The minimum atomic E-state index is -1.54. The Balaban J connectivity index is 2.16. The Morgan fingerprint density at radius 1 is 1.29 bits per heavy atom. The molecule has 0 spiro atoms. The van der Waals surface area contributed by atoms with Gasteiger partial charge in [-0.15, -0.1) is 0 Å². The van der Waals surface area contributed by atoms with Crippen LogP contribution in [0.15, 0.2) is 36.4 Å². The van der Waals surface area contributed by atoms with Crippen LogP contribution in [0.25, 0.3) is 0 Å². The van der Waals surface area contributed by atoms with E-state index in [0.29, 0.717) is 22.3 Å². The Hall–Kier alpha value is -2.36. The van der Waals surface area contributed by atoms with E-state index in [1.54, 1.807) is 37.3 Å². The van der Waals surface area contributed by atoms with Crippen LogP contribution in [0.4, 0.5) is 4.39 Å². The van der Waals surface area contributed by atoms with Gasteiger partial charge in [-0.25, -0.2) is 4.39 Å². The highest BCUT2D eigenvalue weighted by Crippen LogP contribution is 2.19. The number of ether oxygens (including phenoxy) is 1. The Morgan fingerprint density at radius 2 is 2.05 bits per heavy atom. The molecule has 0 fully saturated rings. The third kappa shape index (κ3) is 3.40. The van der Waals surface area contributed by atoms with Crippen LogP contribution in [0.5, 0.6) is 5.75 Å². The average Bonchev–Trinajstić information content (AvgIpc) is 2.47. The molecule has 0 atom stereocenters. The highest BCUT2D eigenvalue weighted by Gasteiger charge is 2.13. The molecular formula is C15H13BFNO3. The van der Waals surface area contributed by atoms with E-state index in [0.717, 1.165) is 0 Å². The standard InChI is InChI=1S/C15H13BFNO3/c1-10-7-13(16(19)20)5-6-14(10)21-9-12-4-2-3-11(8-18)15(12)17/h2-7,19-20H,9H2,1H3. The van der Waals surface area contributed by atoms with E-state index in [9.17, 15) is 4.39 Å². The van der Waals surface area contributed by atoms with E-state index in [1.807, 2.05) is 0 Å². The molecular weight excluding hydrogens is 272 g/mol. The number of nitriles is 1. The van der Waals surface area contributed by atoms with Gasteiger partial charge in [0.1, 0.15) is 24.2 Å². The van der Waals surface area contributed by atoms with Crippen molar-refractivity contribution in [2.24, 2.45) is 0 Å². The molecule has 0 aliphatic rings. The molecule has 2 N–H and O–H groups in total. The van der Waals surface area contributed by atoms with E-state index < -0.39 is 12.9 Å². The zero-order valence-electron chi connectivity index (χ0n) is 11.4. The lowest BCUT2D eigenvalue weighted by Crippen LogP contribution is -2.29. The summed E-state index contributed by atoms with van der Waals surface area (Å²) in [5.41, 5.74) is 1.33. The zero-order chi connectivity index (χ0) is 15.4. The van der Waals surface area contributed by atoms with Crippen LogP contribution in [0.1, 0.15) is 16.7 Å². The molecule has 0 aliphatic carbocycles. The molecule has 2 rings (SSSR count). The average molecular weight is 285 g/mol. The SMILES string of the molecule is Cc1cc(B(O)O)ccc1OCc1cccc(C#N)c1F. The highest BCUT2D eigenvalue weighted by molar-refractivity contribution is 6.58. The molecule has 106 valence electrons. The van der Waals surface area contributed by atoms with E-state index >= 15 is 0 Å². The number of hydrogen-bond acceptors (Lipinski definition) is 4. The summed E-state index contributed by atoms with van der Waals surface area (Å²) in [5, 5.41) is 26.9. The van der Waals surface area contributed by atoms with Crippen LogP contribution in [0.3, 0.4) is 0 Å². The van der Waals surface area contributed by atoms with Crippen LogP contribution in [-0.4, -0.2) is 17.2 Å². The molecule has 0 bridgehead atoms. The van der Waals surface area contributed by atoms with Crippen molar-refractivity contribution in [1.82, 2.24) is 0 Å². The van der Waals surface area contributed by atoms with Crippen LogP contribution in [0, 0.1) is 24.1 Å². The minimum Gasteiger partial charge on any atom is -0.489 e. The first-order valence-corrected chi connectivity index (χ1v) is 6.30. The maximum Gasteiger partial charge on any atom is 0.488 e. The summed E-state index contributed by atoms with van der Waals surface area (Å²) in [5.74, 6) is -0.0683. The molecule has 21 heavy (non-hydrogen) atoms. The third-order valence-corrected chi connectivity index (χ3v) is 3.08. The predicted octanol–water partition coefficient (Wildman–Crippen LogP) is 1.26. The third-order valence-electron chi connectivity index (χ3n) is 3.08. The molecule has 4 nitrogen and oxygen atoms in total. The number of hydrogen-bond donors (Lipinski definition) is 2. The summed E-state index contributed by atoms with van der Waals surface area (Å²) in [6, 6.07) is 11.0. The summed E-state index contributed by atoms with van der Waals surface area (Å²) in [6.45, 7) is 1.74. The molecule has 0 amide bonds. The van der Waals surface area contributed by atoms with Crippen molar-refractivity contribution in [1.29, 1.82) is 5.26 Å². The maximum atomic E-state index is 13.9. The lowest BCUT2D eigenvalue weighted by molar-refractivity contribution is 0.297. The van der Waals surface area contributed by atoms with Crippen LogP contribution in [0.2, 0.25) is 0 Å². The number of rotatable bonds is 4. The second kappa shape index (κ2) is 6.40. The van der Waals surface area contributed by atoms with Crippen molar-refractivity contribution in [3.05, 3.63) is 58.9 Å². The normalized spacial score (nSPS) is 10.0. The van der Waals surface area contributed by atoms with E-state index in [2.05, 4.69) is 0 Å². The monoisotopic (exact) mass is 285 g/mol. The largest absolute Gasteiger partial charge is 0.489 e. The topological polar surface area (TPSA) is 73.5 Å². The van der Waals surface area contributed by atoms with Gasteiger partial charge in [-0.1, -0.05) is 24.3 Å². The molecule has 6 heteroatoms. The first-order valence-electron chi connectivity index (χ1n) is 6.30. The molecule has 0 heterocycles. The molecule has 2 aromatic rings. The summed E-state index contributed by atoms with van der Waals surface area (Å²) < 4.78 is 19.4. The second-order valence-corrected chi connectivity index (χ2v) is 4.58. The first kappa shape index (κ1) is 15.0. The van der Waals surface area contributed by atoms with E-state index in [1.165, 1.54) is 12.1 Å². The van der Waals surface area contributed by atoms with Gasteiger partial charge in [-0.2, -0.15) is 5.26 Å². The van der Waals surface area contributed by atoms with Gasteiger partial charge in [-0.05, 0) is 30.1 Å². The maximum absolute atomic E-state index is 13.9. The van der Waals surface area contributed by atoms with E-state index in [-0.39, 0.29) is 12.2 Å². The highest BCUT2D eigenvalue weighted by atomic mass is 19.1. The number of nitrogens with zero attached hydrogens (tertiary/aromatic N) is 1. The van der Waals surface area contributed by atoms with Crippen molar-refractivity contribution in [3.8, 4) is 11.8 Å². The summed E-state index contributed by atoms with van der Waals surface area (Å²) in [6.07, 6.45) is 0. The van der Waals surface area contributed by atoms with Crippen molar-refractivity contribution in [3.63, 3.8) is 0 Å². The Morgan fingerprint density at radius 3 is 2.67 bits per heavy atom. The Bertz CT molecular complexity index is 698. The Labute approximate surface area is 122 Å². The van der Waals surface area contributed by atoms with Crippen molar-refractivity contribution in [2.45, 2.75) is 13.5 Å². The molecule has 0 saturated heterocycles. The molecule has 0 aliphatic heterocycles. The number of benzene rings is 2. The van der Waals surface area contributed by atoms with Gasteiger partial charge in [0, 0.05) is 5.56 Å². The van der Waals surface area contributed by atoms with Crippen molar-refractivity contribution in [2.75, 3.05) is 0 Å². The van der Waals surface area contributed by atoms with Gasteiger partial charge >= 0.3 is 7.12 Å². The number of aryl methyl sites for hydroxylation is 1. The quantitative estimate of drug-likeness (QED) is 0.829. The van der Waals surface area contributed by atoms with Crippen LogP contribution < -0.4 is 10.2 Å². The lowest BCUT2D eigenvalue weighted by Gasteiger charge is -2.11. The van der Waals surface area contributed by atoms with Crippen LogP contribution >= 0.6 is 0 Å². The summed E-state index contributed by atoms with van der Waals surface area (Å²) >= 11 is 0. The second-order valence-electron chi connectivity index (χ2n) is 4.58. The van der Waals surface area contributed by atoms with Crippen molar-refractivity contribution >= 4 is 12.6 Å². The van der Waals surface area contributed by atoms with Gasteiger partial charge in [0.05, 0.1) is 5.56 Å². The first-order chi connectivity index (χ1) is 10.0. The van der Waals surface area contributed by atoms with Gasteiger partial charge in [-0.3, -0.25) is 0 Å². The molecule has 0 aromatic heterocycles. The van der Waals surface area contributed by atoms with Gasteiger partial charge in [0.25, 0.3) is 0 Å². The van der Waals surface area contributed by atoms with Gasteiger partial charge in [0.15, 0.2) is 0 Å². The minimum absolute atomic E-state index is 0.0107. The molecule has 0 saturated carbocycles. The number of halogens is 1. The lowest BCUT2D eigenvalue weighted by atomic mass is 9.79. The van der Waals surface area contributed by atoms with E-state index in [4.69, 9.17) is 20.0 Å². The fourth-order valence-electron chi connectivity index (χ4n) is 1.93. The van der Waals surface area contributed by atoms with Gasteiger partial charge in [0.2, 0.25) is 0 Å². The van der Waals surface area contributed by atoms with Crippen LogP contribution in [-0.2, 0) is 6.61 Å². The fraction of sp³-hybridized carbons (Fsp3) is 0.133. The van der Waals surface area contributed by atoms with Crippen molar-refractivity contribution < 1.29 is 19.2 Å². The molecule has 2 aromatic carbocycles. The predicted molar refractivity (Wildman–Crippen MR) is 76.5 cm³/mol. The Kier molecular flexibility index (Phi) is 4.58.